The summed E-state index contributed by atoms with van der Waals surface area (Å²) in [6.07, 6.45) is 1.53. The van der Waals surface area contributed by atoms with Crippen molar-refractivity contribution in [2.75, 3.05) is 0 Å². The molecule has 0 bridgehead atoms. The average molecular weight is 256 g/mol. The van der Waals surface area contributed by atoms with E-state index in [1.807, 2.05) is 44.2 Å². The molecule has 0 fully saturated rings. The van der Waals surface area contributed by atoms with Gasteiger partial charge in [0.05, 0.1) is 5.69 Å². The normalized spacial score (nSPS) is 13.9. The highest BCUT2D eigenvalue weighted by atomic mass is 16.5. The highest BCUT2D eigenvalue weighted by Gasteiger charge is 2.20. The second kappa shape index (κ2) is 5.85. The second-order valence-corrected chi connectivity index (χ2v) is 4.92. The molecule has 2 atom stereocenters. The number of ether oxygens (including phenoxy) is 1. The van der Waals surface area contributed by atoms with Crippen molar-refractivity contribution in [3.8, 4) is 5.75 Å². The van der Waals surface area contributed by atoms with E-state index in [2.05, 4.69) is 18.0 Å². The Morgan fingerprint density at radius 2 is 1.95 bits per heavy atom. The van der Waals surface area contributed by atoms with Crippen molar-refractivity contribution in [2.24, 2.45) is 5.73 Å². The maximum atomic E-state index is 6.06. The van der Waals surface area contributed by atoms with Crippen molar-refractivity contribution in [2.45, 2.75) is 32.9 Å². The van der Waals surface area contributed by atoms with E-state index in [0.29, 0.717) is 0 Å². The van der Waals surface area contributed by atoms with Crippen LogP contribution in [0.15, 0.2) is 42.6 Å². The van der Waals surface area contributed by atoms with Gasteiger partial charge in [-0.15, -0.1) is 0 Å². The smallest absolute Gasteiger partial charge is 0.155 e. The van der Waals surface area contributed by atoms with Crippen LogP contribution in [0.3, 0.4) is 0 Å². The van der Waals surface area contributed by atoms with Gasteiger partial charge >= 0.3 is 0 Å². The molecular weight excluding hydrogens is 236 g/mol. The van der Waals surface area contributed by atoms with E-state index in [0.717, 1.165) is 17.0 Å². The standard InChI is InChI=1S/C16H20N2O/c1-11-7-8-15(12(2)10-11)19-16(13(3)17)14-6-4-5-9-18-14/h4-10,13,16H,17H2,1-3H3. The summed E-state index contributed by atoms with van der Waals surface area (Å²) >= 11 is 0. The zero-order chi connectivity index (χ0) is 13.8. The Morgan fingerprint density at radius 1 is 1.16 bits per heavy atom. The minimum Gasteiger partial charge on any atom is -0.482 e. The van der Waals surface area contributed by atoms with Crippen LogP contribution in [-0.4, -0.2) is 11.0 Å². The first kappa shape index (κ1) is 13.6. The molecule has 19 heavy (non-hydrogen) atoms. The molecule has 0 spiro atoms. The molecule has 3 nitrogen and oxygen atoms in total. The van der Waals surface area contributed by atoms with Gasteiger partial charge in [-0.1, -0.05) is 23.8 Å². The fourth-order valence-electron chi connectivity index (χ4n) is 2.05. The summed E-state index contributed by atoms with van der Waals surface area (Å²) in [5.74, 6) is 0.860. The average Bonchev–Trinajstić information content (AvgIpc) is 2.38. The van der Waals surface area contributed by atoms with Crippen LogP contribution in [0.5, 0.6) is 5.75 Å². The van der Waals surface area contributed by atoms with Crippen molar-refractivity contribution in [1.82, 2.24) is 4.98 Å². The third kappa shape index (κ3) is 3.32. The molecule has 0 radical (unpaired) electrons. The summed E-state index contributed by atoms with van der Waals surface area (Å²) in [6, 6.07) is 11.8. The number of benzene rings is 1. The van der Waals surface area contributed by atoms with Crippen LogP contribution in [0.2, 0.25) is 0 Å². The number of hydrogen-bond donors (Lipinski definition) is 1. The van der Waals surface area contributed by atoms with Gasteiger partial charge in [-0.2, -0.15) is 0 Å². The van der Waals surface area contributed by atoms with Crippen molar-refractivity contribution in [3.05, 3.63) is 59.4 Å². The molecule has 2 rings (SSSR count). The van der Waals surface area contributed by atoms with Crippen LogP contribution >= 0.6 is 0 Å². The van der Waals surface area contributed by atoms with Crippen molar-refractivity contribution >= 4 is 0 Å². The summed E-state index contributed by atoms with van der Waals surface area (Å²) in [6.45, 7) is 6.04. The van der Waals surface area contributed by atoms with E-state index in [-0.39, 0.29) is 12.1 Å². The number of hydrogen-bond acceptors (Lipinski definition) is 3. The first-order valence-electron chi connectivity index (χ1n) is 6.48. The number of aryl methyl sites for hydroxylation is 2. The summed E-state index contributed by atoms with van der Waals surface area (Å²) in [4.78, 5) is 4.34. The quantitative estimate of drug-likeness (QED) is 0.914. The van der Waals surface area contributed by atoms with Crippen molar-refractivity contribution < 1.29 is 4.74 Å². The molecule has 2 N–H and O–H groups in total. The number of nitrogens with two attached hydrogens (primary N) is 1. The molecule has 1 heterocycles. The summed E-state index contributed by atoms with van der Waals surface area (Å²) in [7, 11) is 0. The van der Waals surface area contributed by atoms with Crippen LogP contribution < -0.4 is 10.5 Å². The van der Waals surface area contributed by atoms with Gasteiger partial charge in [0.25, 0.3) is 0 Å². The SMILES string of the molecule is Cc1ccc(OC(c2ccccn2)C(C)N)c(C)c1. The van der Waals surface area contributed by atoms with E-state index in [1.165, 1.54) is 5.56 Å². The van der Waals surface area contributed by atoms with Gasteiger partial charge in [-0.05, 0) is 44.5 Å². The number of aromatic nitrogens is 1. The number of pyridine rings is 1. The molecule has 2 unspecified atom stereocenters. The van der Waals surface area contributed by atoms with Gasteiger partial charge in [0.2, 0.25) is 0 Å². The first-order chi connectivity index (χ1) is 9.08. The van der Waals surface area contributed by atoms with Gasteiger partial charge < -0.3 is 10.5 Å². The largest absolute Gasteiger partial charge is 0.482 e. The Hall–Kier alpha value is -1.87. The first-order valence-corrected chi connectivity index (χ1v) is 6.48. The molecule has 0 saturated heterocycles. The van der Waals surface area contributed by atoms with Crippen molar-refractivity contribution in [1.29, 1.82) is 0 Å². The minimum absolute atomic E-state index is 0.129. The lowest BCUT2D eigenvalue weighted by atomic mass is 10.1. The van der Waals surface area contributed by atoms with Crippen LogP contribution in [0.1, 0.15) is 29.8 Å². The molecule has 0 amide bonds. The van der Waals surface area contributed by atoms with E-state index >= 15 is 0 Å². The van der Waals surface area contributed by atoms with Gasteiger partial charge in [0.1, 0.15) is 5.75 Å². The lowest BCUT2D eigenvalue weighted by Crippen LogP contribution is -2.29. The molecule has 100 valence electrons. The molecule has 0 aliphatic carbocycles. The molecular formula is C16H20N2O. The lowest BCUT2D eigenvalue weighted by molar-refractivity contribution is 0.174. The predicted molar refractivity (Wildman–Crippen MR) is 77.2 cm³/mol. The molecule has 0 aliphatic rings. The Kier molecular flexibility index (Phi) is 4.17. The summed E-state index contributed by atoms with van der Waals surface area (Å²) in [5.41, 5.74) is 9.23. The Morgan fingerprint density at radius 3 is 2.53 bits per heavy atom. The molecule has 1 aromatic carbocycles. The molecule has 0 saturated carbocycles. The predicted octanol–water partition coefficient (Wildman–Crippen LogP) is 3.17. The summed E-state index contributed by atoms with van der Waals surface area (Å²) in [5, 5.41) is 0. The molecule has 3 heteroatoms. The van der Waals surface area contributed by atoms with Gasteiger partial charge in [0.15, 0.2) is 6.10 Å². The van der Waals surface area contributed by atoms with E-state index in [1.54, 1.807) is 6.20 Å². The monoisotopic (exact) mass is 256 g/mol. The van der Waals surface area contributed by atoms with Crippen LogP contribution in [0.25, 0.3) is 0 Å². The minimum atomic E-state index is -0.234. The summed E-state index contributed by atoms with van der Waals surface area (Å²) < 4.78 is 6.06. The Labute approximate surface area is 114 Å². The van der Waals surface area contributed by atoms with Gasteiger partial charge in [-0.3, -0.25) is 4.98 Å². The van der Waals surface area contributed by atoms with Crippen molar-refractivity contribution in [3.63, 3.8) is 0 Å². The third-order valence-corrected chi connectivity index (χ3v) is 3.04. The molecule has 0 aliphatic heterocycles. The zero-order valence-electron chi connectivity index (χ0n) is 11.6. The van der Waals surface area contributed by atoms with Crippen LogP contribution in [0, 0.1) is 13.8 Å². The maximum Gasteiger partial charge on any atom is 0.155 e. The fraction of sp³-hybridized carbons (Fsp3) is 0.312. The molecule has 2 aromatic rings. The maximum absolute atomic E-state index is 6.06. The number of rotatable bonds is 4. The highest BCUT2D eigenvalue weighted by molar-refractivity contribution is 5.36. The van der Waals surface area contributed by atoms with Crippen LogP contribution in [-0.2, 0) is 0 Å². The fourth-order valence-corrected chi connectivity index (χ4v) is 2.05. The van der Waals surface area contributed by atoms with Crippen LogP contribution in [0.4, 0.5) is 0 Å². The second-order valence-electron chi connectivity index (χ2n) is 4.92. The number of nitrogens with zero attached hydrogens (tertiary/aromatic N) is 1. The third-order valence-electron chi connectivity index (χ3n) is 3.04. The van der Waals surface area contributed by atoms with E-state index < -0.39 is 0 Å². The highest BCUT2D eigenvalue weighted by Crippen LogP contribution is 2.26. The molecule has 1 aromatic heterocycles. The Balaban J connectivity index is 2.27. The zero-order valence-corrected chi connectivity index (χ0v) is 11.6. The Bertz CT molecular complexity index is 538. The lowest BCUT2D eigenvalue weighted by Gasteiger charge is -2.23. The van der Waals surface area contributed by atoms with E-state index in [4.69, 9.17) is 10.5 Å². The topological polar surface area (TPSA) is 48.1 Å². The van der Waals surface area contributed by atoms with E-state index in [9.17, 15) is 0 Å². The van der Waals surface area contributed by atoms with Gasteiger partial charge in [-0.25, -0.2) is 0 Å². The van der Waals surface area contributed by atoms with Gasteiger partial charge in [0, 0.05) is 12.2 Å².